The van der Waals surface area contributed by atoms with Gasteiger partial charge in [-0.25, -0.2) is 8.42 Å². The van der Waals surface area contributed by atoms with Crippen LogP contribution < -0.4 is 5.32 Å². The third-order valence-electron chi connectivity index (χ3n) is 2.22. The number of benzene rings is 1. The van der Waals surface area contributed by atoms with E-state index in [2.05, 4.69) is 27.9 Å². The molecule has 0 bridgehead atoms. The molecule has 0 heterocycles. The first-order chi connectivity index (χ1) is 7.29. The Bertz CT molecular complexity index is 471. The Morgan fingerprint density at radius 2 is 2.06 bits per heavy atom. The van der Waals surface area contributed by atoms with Gasteiger partial charge in [-0.1, -0.05) is 6.07 Å². The van der Waals surface area contributed by atoms with Crippen LogP contribution >= 0.6 is 22.6 Å². The molecule has 1 aromatic rings. The maximum Gasteiger partial charge on any atom is 0.149 e. The van der Waals surface area contributed by atoms with Gasteiger partial charge in [0.25, 0.3) is 0 Å². The average Bonchev–Trinajstić information content (AvgIpc) is 2.09. The number of hydrogen-bond acceptors (Lipinski definition) is 3. The fourth-order valence-electron chi connectivity index (χ4n) is 1.53. The van der Waals surface area contributed by atoms with Gasteiger partial charge in [0.2, 0.25) is 0 Å². The quantitative estimate of drug-likeness (QED) is 0.846. The molecule has 0 saturated heterocycles. The summed E-state index contributed by atoms with van der Waals surface area (Å²) in [6.45, 7) is 3.90. The molecule has 5 heteroatoms. The van der Waals surface area contributed by atoms with Crippen LogP contribution in [-0.2, 0) is 9.84 Å². The summed E-state index contributed by atoms with van der Waals surface area (Å²) in [6, 6.07) is 5.88. The van der Waals surface area contributed by atoms with Crippen LogP contribution in [0.1, 0.15) is 12.5 Å². The van der Waals surface area contributed by atoms with Crippen LogP contribution in [-0.4, -0.2) is 26.5 Å². The minimum absolute atomic E-state index is 0.0769. The molecular formula is C11H16INO2S. The highest BCUT2D eigenvalue weighted by Crippen LogP contribution is 2.21. The Labute approximate surface area is 111 Å². The number of anilines is 1. The molecule has 0 aliphatic carbocycles. The van der Waals surface area contributed by atoms with Crippen LogP contribution in [0.25, 0.3) is 0 Å². The van der Waals surface area contributed by atoms with E-state index in [0.29, 0.717) is 0 Å². The first-order valence-electron chi connectivity index (χ1n) is 4.99. The summed E-state index contributed by atoms with van der Waals surface area (Å²) in [6.07, 6.45) is 1.26. The molecule has 1 aromatic carbocycles. The topological polar surface area (TPSA) is 46.2 Å². The lowest BCUT2D eigenvalue weighted by molar-refractivity contribution is 0.598. The smallest absolute Gasteiger partial charge is 0.149 e. The summed E-state index contributed by atoms with van der Waals surface area (Å²) in [5.41, 5.74) is 2.16. The number of sulfone groups is 1. The molecule has 1 N–H and O–H groups in total. The molecule has 90 valence electrons. The van der Waals surface area contributed by atoms with Crippen LogP contribution in [0.5, 0.6) is 0 Å². The molecule has 0 amide bonds. The van der Waals surface area contributed by atoms with Crippen molar-refractivity contribution in [1.29, 1.82) is 0 Å². The zero-order valence-corrected chi connectivity index (χ0v) is 12.6. The summed E-state index contributed by atoms with van der Waals surface area (Å²) in [5.74, 6) is 0.151. The molecule has 0 spiro atoms. The van der Waals surface area contributed by atoms with Gasteiger partial charge in [-0.15, -0.1) is 0 Å². The molecule has 0 saturated carbocycles. The Balaban J connectivity index is 2.77. The van der Waals surface area contributed by atoms with Gasteiger partial charge in [0.15, 0.2) is 0 Å². The van der Waals surface area contributed by atoms with Crippen LogP contribution in [0, 0.1) is 10.5 Å². The monoisotopic (exact) mass is 353 g/mol. The molecule has 1 unspecified atom stereocenters. The lowest BCUT2D eigenvalue weighted by Gasteiger charge is -2.16. The highest BCUT2D eigenvalue weighted by molar-refractivity contribution is 14.1. The maximum atomic E-state index is 11.1. The molecule has 0 aliphatic rings. The maximum absolute atomic E-state index is 11.1. The Kier molecular flexibility index (Phi) is 4.61. The van der Waals surface area contributed by atoms with Gasteiger partial charge in [-0.3, -0.25) is 0 Å². The molecule has 0 aliphatic heterocycles. The van der Waals surface area contributed by atoms with Crippen molar-refractivity contribution < 1.29 is 8.42 Å². The molecule has 0 fully saturated rings. The largest absolute Gasteiger partial charge is 0.381 e. The van der Waals surface area contributed by atoms with Crippen molar-refractivity contribution in [2.75, 3.05) is 17.3 Å². The van der Waals surface area contributed by atoms with E-state index in [1.54, 1.807) is 0 Å². The second-order valence-electron chi connectivity index (χ2n) is 4.05. The summed E-state index contributed by atoms with van der Waals surface area (Å²) in [7, 11) is -2.93. The van der Waals surface area contributed by atoms with Crippen molar-refractivity contribution in [2.45, 2.75) is 19.9 Å². The Morgan fingerprint density at radius 1 is 1.44 bits per heavy atom. The minimum atomic E-state index is -2.93. The zero-order valence-electron chi connectivity index (χ0n) is 9.62. The van der Waals surface area contributed by atoms with E-state index < -0.39 is 9.84 Å². The normalized spacial score (nSPS) is 13.5. The van der Waals surface area contributed by atoms with Crippen molar-refractivity contribution in [3.8, 4) is 0 Å². The lowest BCUT2D eigenvalue weighted by Crippen LogP contribution is -2.25. The Hall–Kier alpha value is -0.300. The summed E-state index contributed by atoms with van der Waals surface area (Å²) >= 11 is 2.27. The number of halogens is 1. The molecule has 3 nitrogen and oxygen atoms in total. The van der Waals surface area contributed by atoms with Crippen LogP contribution in [0.15, 0.2) is 18.2 Å². The fourth-order valence-corrected chi connectivity index (χ4v) is 3.01. The van der Waals surface area contributed by atoms with Gasteiger partial charge < -0.3 is 5.32 Å². The third kappa shape index (κ3) is 4.29. The van der Waals surface area contributed by atoms with Gasteiger partial charge in [0, 0.05) is 21.6 Å². The van der Waals surface area contributed by atoms with Gasteiger partial charge in [0.1, 0.15) is 9.84 Å². The average molecular weight is 353 g/mol. The molecule has 0 radical (unpaired) electrons. The minimum Gasteiger partial charge on any atom is -0.381 e. The summed E-state index contributed by atoms with van der Waals surface area (Å²) in [4.78, 5) is 0. The van der Waals surface area contributed by atoms with Gasteiger partial charge in [0.05, 0.1) is 5.75 Å². The van der Waals surface area contributed by atoms with Gasteiger partial charge in [-0.2, -0.15) is 0 Å². The predicted octanol–water partition coefficient (Wildman–Crippen LogP) is 2.44. The Morgan fingerprint density at radius 3 is 2.62 bits per heavy atom. The fraction of sp³-hybridized carbons (Fsp3) is 0.455. The second kappa shape index (κ2) is 5.35. The second-order valence-corrected chi connectivity index (χ2v) is 7.40. The molecule has 16 heavy (non-hydrogen) atoms. The van der Waals surface area contributed by atoms with Gasteiger partial charge >= 0.3 is 0 Å². The van der Waals surface area contributed by atoms with E-state index >= 15 is 0 Å². The van der Waals surface area contributed by atoms with Crippen LogP contribution in [0.2, 0.25) is 0 Å². The number of nitrogens with one attached hydrogen (secondary N) is 1. The van der Waals surface area contributed by atoms with Gasteiger partial charge in [-0.05, 0) is 54.1 Å². The van der Waals surface area contributed by atoms with Crippen LogP contribution in [0.3, 0.4) is 0 Å². The van der Waals surface area contributed by atoms with Crippen molar-refractivity contribution in [3.63, 3.8) is 0 Å². The standard InChI is InChI=1S/C11H16INO2S/c1-8(7-16(3,14)15)13-11-6-4-5-10(12)9(11)2/h4-6,8,13H,7H2,1-3H3. The molecular weight excluding hydrogens is 337 g/mol. The highest BCUT2D eigenvalue weighted by Gasteiger charge is 2.11. The zero-order chi connectivity index (χ0) is 12.3. The van der Waals surface area contributed by atoms with Crippen molar-refractivity contribution in [3.05, 3.63) is 27.3 Å². The third-order valence-corrected chi connectivity index (χ3v) is 4.50. The highest BCUT2D eigenvalue weighted by atomic mass is 127. The first kappa shape index (κ1) is 13.8. The van der Waals surface area contributed by atoms with Crippen LogP contribution in [0.4, 0.5) is 5.69 Å². The van der Waals surface area contributed by atoms with E-state index in [1.165, 1.54) is 9.83 Å². The predicted molar refractivity (Wildman–Crippen MR) is 76.7 cm³/mol. The van der Waals surface area contributed by atoms with E-state index in [4.69, 9.17) is 0 Å². The summed E-state index contributed by atoms with van der Waals surface area (Å²) < 4.78 is 23.5. The van der Waals surface area contributed by atoms with E-state index in [9.17, 15) is 8.42 Å². The number of hydrogen-bond donors (Lipinski definition) is 1. The lowest BCUT2D eigenvalue weighted by atomic mass is 10.2. The summed E-state index contributed by atoms with van der Waals surface area (Å²) in [5, 5.41) is 3.22. The van der Waals surface area contributed by atoms with E-state index in [1.807, 2.05) is 32.0 Å². The van der Waals surface area contributed by atoms with Crippen molar-refractivity contribution in [1.82, 2.24) is 0 Å². The van der Waals surface area contributed by atoms with Crippen molar-refractivity contribution >= 4 is 38.1 Å². The molecule has 1 atom stereocenters. The molecule has 0 aromatic heterocycles. The van der Waals surface area contributed by atoms with E-state index in [0.717, 1.165) is 11.3 Å². The first-order valence-corrected chi connectivity index (χ1v) is 8.13. The number of rotatable bonds is 4. The SMILES string of the molecule is Cc1c(I)cccc1NC(C)CS(C)(=O)=O. The van der Waals surface area contributed by atoms with Crippen molar-refractivity contribution in [2.24, 2.45) is 0 Å². The van der Waals surface area contributed by atoms with E-state index in [-0.39, 0.29) is 11.8 Å². The molecule has 1 rings (SSSR count).